The highest BCUT2D eigenvalue weighted by molar-refractivity contribution is 5.90. The molecule has 0 aliphatic carbocycles. The van der Waals surface area contributed by atoms with Gasteiger partial charge in [-0.15, -0.1) is 0 Å². The van der Waals surface area contributed by atoms with E-state index in [2.05, 4.69) is 25.3 Å². The van der Waals surface area contributed by atoms with Gasteiger partial charge in [-0.2, -0.15) is 13.2 Å². The number of morpholine rings is 1. The molecule has 3 atom stereocenters. The summed E-state index contributed by atoms with van der Waals surface area (Å²) in [6.45, 7) is 9.16. The van der Waals surface area contributed by atoms with E-state index in [4.69, 9.17) is 4.74 Å². The van der Waals surface area contributed by atoms with Gasteiger partial charge < -0.3 is 19.5 Å². The van der Waals surface area contributed by atoms with Crippen molar-refractivity contribution in [2.24, 2.45) is 0 Å². The van der Waals surface area contributed by atoms with E-state index in [0.29, 0.717) is 54.4 Å². The fraction of sp³-hybridized carbons (Fsp3) is 0.522. The van der Waals surface area contributed by atoms with Gasteiger partial charge in [-0.05, 0) is 39.3 Å². The highest BCUT2D eigenvalue weighted by Gasteiger charge is 2.33. The van der Waals surface area contributed by atoms with E-state index in [1.54, 1.807) is 9.47 Å². The lowest BCUT2D eigenvalue weighted by molar-refractivity contribution is -0.144. The number of amides is 1. The third-order valence-electron chi connectivity index (χ3n) is 5.91. The van der Waals surface area contributed by atoms with Crippen molar-refractivity contribution in [3.63, 3.8) is 0 Å². The molecule has 4 rings (SSSR count). The summed E-state index contributed by atoms with van der Waals surface area (Å²) in [4.78, 5) is 31.9. The number of ether oxygens (including phenoxy) is 1. The largest absolute Gasteiger partial charge is 0.433 e. The molecule has 1 N–H and O–H groups in total. The number of pyridine rings is 1. The van der Waals surface area contributed by atoms with Crippen LogP contribution < -0.4 is 5.32 Å². The van der Waals surface area contributed by atoms with Gasteiger partial charge in [-0.1, -0.05) is 6.92 Å². The molecule has 3 aromatic heterocycles. The number of aromatic nitrogens is 5. The average molecular weight is 492 g/mol. The Morgan fingerprint density at radius 1 is 1.17 bits per heavy atom. The SMILES string of the molecule is CC[C@@H](Nc1ncnc2c1nc(-c1ccc(C(F)(F)F)nc1)n2CC)C(=O)N1CC(C)OC(C)C1. The van der Waals surface area contributed by atoms with Gasteiger partial charge in [0.1, 0.15) is 23.9 Å². The standard InChI is InChI=1S/C23H28F3N7O2/c1-5-16(22(34)32-10-13(3)35-14(4)11-32)30-19-18-21(29-12-28-19)33(6-2)20(31-18)15-7-8-17(27-9-15)23(24,25)26/h7-9,12-14,16H,5-6,10-11H2,1-4H3,(H,28,29,30)/t13?,14?,16-/m1/s1. The van der Waals surface area contributed by atoms with Crippen LogP contribution in [0.3, 0.4) is 0 Å². The van der Waals surface area contributed by atoms with E-state index in [0.717, 1.165) is 12.3 Å². The van der Waals surface area contributed by atoms with Gasteiger partial charge in [0.2, 0.25) is 5.91 Å². The Morgan fingerprint density at radius 2 is 1.89 bits per heavy atom. The van der Waals surface area contributed by atoms with E-state index in [9.17, 15) is 18.0 Å². The molecule has 12 heteroatoms. The third kappa shape index (κ3) is 5.07. The van der Waals surface area contributed by atoms with Crippen molar-refractivity contribution < 1.29 is 22.7 Å². The van der Waals surface area contributed by atoms with Crippen molar-refractivity contribution in [1.82, 2.24) is 29.4 Å². The molecule has 0 spiro atoms. The summed E-state index contributed by atoms with van der Waals surface area (Å²) in [6.07, 6.45) is -1.57. The molecule has 9 nitrogen and oxygen atoms in total. The van der Waals surface area contributed by atoms with Crippen molar-refractivity contribution in [1.29, 1.82) is 0 Å². The maximum Gasteiger partial charge on any atom is 0.433 e. The number of hydrogen-bond donors (Lipinski definition) is 1. The first-order valence-electron chi connectivity index (χ1n) is 11.6. The summed E-state index contributed by atoms with van der Waals surface area (Å²) < 4.78 is 46.3. The molecule has 1 amide bonds. The number of nitrogens with zero attached hydrogens (tertiary/aromatic N) is 6. The van der Waals surface area contributed by atoms with Gasteiger partial charge in [-0.25, -0.2) is 15.0 Å². The van der Waals surface area contributed by atoms with Gasteiger partial charge >= 0.3 is 6.18 Å². The molecule has 188 valence electrons. The molecule has 2 unspecified atom stereocenters. The number of fused-ring (bicyclic) bond motifs is 1. The first-order chi connectivity index (χ1) is 16.6. The summed E-state index contributed by atoms with van der Waals surface area (Å²) in [5.74, 6) is 0.753. The Labute approximate surface area is 200 Å². The normalized spacial score (nSPS) is 19.7. The highest BCUT2D eigenvalue weighted by atomic mass is 19.4. The number of carbonyl (C=O) groups is 1. The van der Waals surface area contributed by atoms with Crippen molar-refractivity contribution >= 4 is 22.9 Å². The Balaban J connectivity index is 1.66. The fourth-order valence-corrected chi connectivity index (χ4v) is 4.34. The van der Waals surface area contributed by atoms with E-state index in [1.165, 1.54) is 12.4 Å². The monoisotopic (exact) mass is 491 g/mol. The van der Waals surface area contributed by atoms with Gasteiger partial charge in [0.15, 0.2) is 17.0 Å². The van der Waals surface area contributed by atoms with E-state index in [1.807, 2.05) is 27.7 Å². The Bertz CT molecular complexity index is 1190. The summed E-state index contributed by atoms with van der Waals surface area (Å²) >= 11 is 0. The van der Waals surface area contributed by atoms with Gasteiger partial charge in [-0.3, -0.25) is 9.78 Å². The number of carbonyl (C=O) groups excluding carboxylic acids is 1. The van der Waals surface area contributed by atoms with E-state index < -0.39 is 17.9 Å². The van der Waals surface area contributed by atoms with Gasteiger partial charge in [0.05, 0.1) is 12.2 Å². The summed E-state index contributed by atoms with van der Waals surface area (Å²) in [7, 11) is 0. The zero-order valence-corrected chi connectivity index (χ0v) is 20.0. The van der Waals surface area contributed by atoms with Crippen LogP contribution in [0.4, 0.5) is 19.0 Å². The molecule has 0 bridgehead atoms. The molecule has 0 radical (unpaired) electrons. The number of hydrogen-bond acceptors (Lipinski definition) is 7. The topological polar surface area (TPSA) is 98.1 Å². The maximum atomic E-state index is 13.3. The van der Waals surface area contributed by atoms with Crippen LogP contribution in [0.25, 0.3) is 22.6 Å². The van der Waals surface area contributed by atoms with Crippen molar-refractivity contribution in [3.05, 3.63) is 30.4 Å². The first kappa shape index (κ1) is 24.8. The zero-order chi connectivity index (χ0) is 25.3. The maximum absolute atomic E-state index is 13.3. The molecular formula is C23H28F3N7O2. The van der Waals surface area contributed by atoms with Crippen LogP contribution in [-0.4, -0.2) is 66.6 Å². The van der Waals surface area contributed by atoms with Crippen LogP contribution in [-0.2, 0) is 22.3 Å². The van der Waals surface area contributed by atoms with E-state index in [-0.39, 0.29) is 18.1 Å². The van der Waals surface area contributed by atoms with Crippen LogP contribution in [0.1, 0.15) is 39.8 Å². The average Bonchev–Trinajstić information content (AvgIpc) is 3.20. The molecule has 1 fully saturated rings. The molecule has 3 aromatic rings. The lowest BCUT2D eigenvalue weighted by Crippen LogP contribution is -2.52. The smallest absolute Gasteiger partial charge is 0.372 e. The molecule has 1 aliphatic rings. The molecule has 0 saturated carbocycles. The predicted molar refractivity (Wildman–Crippen MR) is 124 cm³/mol. The van der Waals surface area contributed by atoms with Crippen LogP contribution in [0.5, 0.6) is 0 Å². The van der Waals surface area contributed by atoms with Gasteiger partial charge in [0.25, 0.3) is 0 Å². The van der Waals surface area contributed by atoms with Crippen LogP contribution in [0.15, 0.2) is 24.7 Å². The second kappa shape index (κ2) is 9.76. The summed E-state index contributed by atoms with van der Waals surface area (Å²) in [5.41, 5.74) is 0.386. The first-order valence-corrected chi connectivity index (χ1v) is 11.6. The second-order valence-electron chi connectivity index (χ2n) is 8.61. The Morgan fingerprint density at radius 3 is 2.46 bits per heavy atom. The third-order valence-corrected chi connectivity index (χ3v) is 5.91. The lowest BCUT2D eigenvalue weighted by Gasteiger charge is -2.37. The minimum absolute atomic E-state index is 0.0499. The number of alkyl halides is 3. The molecular weight excluding hydrogens is 463 g/mol. The number of imidazole rings is 1. The van der Waals surface area contributed by atoms with E-state index >= 15 is 0 Å². The van der Waals surface area contributed by atoms with Crippen molar-refractivity contribution in [3.8, 4) is 11.4 Å². The number of nitrogens with one attached hydrogen (secondary N) is 1. The lowest BCUT2D eigenvalue weighted by atomic mass is 10.1. The fourth-order valence-electron chi connectivity index (χ4n) is 4.34. The second-order valence-corrected chi connectivity index (χ2v) is 8.61. The number of aryl methyl sites for hydroxylation is 1. The summed E-state index contributed by atoms with van der Waals surface area (Å²) in [6, 6.07) is 1.73. The zero-order valence-electron chi connectivity index (χ0n) is 20.0. The number of halogens is 3. The molecule has 1 saturated heterocycles. The van der Waals surface area contributed by atoms with Crippen LogP contribution in [0.2, 0.25) is 0 Å². The molecule has 35 heavy (non-hydrogen) atoms. The van der Waals surface area contributed by atoms with Crippen LogP contribution in [0, 0.1) is 0 Å². The Hall–Kier alpha value is -3.28. The number of anilines is 1. The minimum atomic E-state index is -4.52. The Kier molecular flexibility index (Phi) is 6.93. The molecule has 0 aromatic carbocycles. The minimum Gasteiger partial charge on any atom is -0.372 e. The van der Waals surface area contributed by atoms with Gasteiger partial charge in [0, 0.05) is 31.4 Å². The highest BCUT2D eigenvalue weighted by Crippen LogP contribution is 2.31. The molecule has 4 heterocycles. The van der Waals surface area contributed by atoms with Crippen LogP contribution >= 0.6 is 0 Å². The summed E-state index contributed by atoms with van der Waals surface area (Å²) in [5, 5.41) is 3.22. The molecule has 1 aliphatic heterocycles. The van der Waals surface area contributed by atoms with Crippen molar-refractivity contribution in [2.75, 3.05) is 18.4 Å². The number of rotatable bonds is 6. The van der Waals surface area contributed by atoms with Crippen molar-refractivity contribution in [2.45, 2.75) is 65.1 Å². The quantitative estimate of drug-likeness (QED) is 0.561. The predicted octanol–water partition coefficient (Wildman–Crippen LogP) is 3.75.